The summed E-state index contributed by atoms with van der Waals surface area (Å²) in [7, 11) is 0. The number of nitrogens with zero attached hydrogens (tertiary/aromatic N) is 3. The van der Waals surface area contributed by atoms with E-state index < -0.39 is 0 Å². The molecule has 1 fully saturated rings. The summed E-state index contributed by atoms with van der Waals surface area (Å²) in [6, 6.07) is 2.24. The van der Waals surface area contributed by atoms with Gasteiger partial charge in [-0.1, -0.05) is 5.16 Å². The standard InChI is InChI=1S/C9H10N4O2/c10-5-1-2-7-12-8(13-15-7)9(14)11-6-3-4-6/h6H,1-4H2,(H,11,14). The van der Waals surface area contributed by atoms with Crippen LogP contribution < -0.4 is 5.32 Å². The third kappa shape index (κ3) is 2.53. The van der Waals surface area contributed by atoms with Gasteiger partial charge in [0.05, 0.1) is 6.07 Å². The molecule has 1 saturated carbocycles. The van der Waals surface area contributed by atoms with Crippen molar-refractivity contribution in [3.8, 4) is 6.07 Å². The van der Waals surface area contributed by atoms with Crippen molar-refractivity contribution < 1.29 is 9.32 Å². The lowest BCUT2D eigenvalue weighted by molar-refractivity contribution is 0.0937. The van der Waals surface area contributed by atoms with Crippen LogP contribution in [0.5, 0.6) is 0 Å². The maximum atomic E-state index is 11.4. The highest BCUT2D eigenvalue weighted by Gasteiger charge is 2.25. The van der Waals surface area contributed by atoms with Crippen LogP contribution in [-0.2, 0) is 6.42 Å². The van der Waals surface area contributed by atoms with Gasteiger partial charge in [0, 0.05) is 18.9 Å². The van der Waals surface area contributed by atoms with E-state index >= 15 is 0 Å². The Kier molecular flexibility index (Phi) is 2.63. The number of carbonyl (C=O) groups excluding carboxylic acids is 1. The molecule has 1 aliphatic carbocycles. The minimum Gasteiger partial charge on any atom is -0.346 e. The van der Waals surface area contributed by atoms with Gasteiger partial charge in [0.25, 0.3) is 11.7 Å². The average molecular weight is 206 g/mol. The fourth-order valence-corrected chi connectivity index (χ4v) is 1.09. The van der Waals surface area contributed by atoms with Crippen molar-refractivity contribution in [1.29, 1.82) is 5.26 Å². The molecule has 15 heavy (non-hydrogen) atoms. The van der Waals surface area contributed by atoms with Crippen LogP contribution in [0.4, 0.5) is 0 Å². The van der Waals surface area contributed by atoms with E-state index in [-0.39, 0.29) is 17.8 Å². The van der Waals surface area contributed by atoms with Gasteiger partial charge < -0.3 is 9.84 Å². The van der Waals surface area contributed by atoms with Crippen molar-refractivity contribution in [3.63, 3.8) is 0 Å². The Bertz CT molecular complexity index is 402. The number of carbonyl (C=O) groups is 1. The van der Waals surface area contributed by atoms with Crippen LogP contribution >= 0.6 is 0 Å². The van der Waals surface area contributed by atoms with Gasteiger partial charge in [-0.15, -0.1) is 0 Å². The molecule has 78 valence electrons. The van der Waals surface area contributed by atoms with E-state index in [1.54, 1.807) is 0 Å². The number of aryl methyl sites for hydroxylation is 1. The van der Waals surface area contributed by atoms with Crippen LogP contribution in [0.15, 0.2) is 4.52 Å². The zero-order chi connectivity index (χ0) is 10.7. The normalized spacial score (nSPS) is 14.6. The molecule has 0 aromatic carbocycles. The first kappa shape index (κ1) is 9.65. The second kappa shape index (κ2) is 4.09. The lowest BCUT2D eigenvalue weighted by Crippen LogP contribution is -2.26. The molecule has 2 rings (SSSR count). The van der Waals surface area contributed by atoms with Gasteiger partial charge in [0.15, 0.2) is 0 Å². The molecule has 0 unspecified atom stereocenters. The molecular weight excluding hydrogens is 196 g/mol. The predicted octanol–water partition coefficient (Wildman–Crippen LogP) is 0.418. The third-order valence-electron chi connectivity index (χ3n) is 2.03. The molecule has 1 heterocycles. The van der Waals surface area contributed by atoms with E-state index in [0.717, 1.165) is 12.8 Å². The molecule has 1 aromatic heterocycles. The van der Waals surface area contributed by atoms with Crippen LogP contribution in [0.2, 0.25) is 0 Å². The summed E-state index contributed by atoms with van der Waals surface area (Å²) in [6.07, 6.45) is 2.74. The molecule has 0 radical (unpaired) electrons. The van der Waals surface area contributed by atoms with Gasteiger partial charge in [0.2, 0.25) is 5.89 Å². The first-order valence-electron chi connectivity index (χ1n) is 4.80. The maximum absolute atomic E-state index is 11.4. The van der Waals surface area contributed by atoms with Crippen molar-refractivity contribution in [2.24, 2.45) is 0 Å². The molecule has 6 nitrogen and oxygen atoms in total. The molecule has 6 heteroatoms. The summed E-state index contributed by atoms with van der Waals surface area (Å²) in [5, 5.41) is 14.6. The summed E-state index contributed by atoms with van der Waals surface area (Å²) >= 11 is 0. The van der Waals surface area contributed by atoms with Gasteiger partial charge >= 0.3 is 0 Å². The van der Waals surface area contributed by atoms with Gasteiger partial charge in [-0.2, -0.15) is 10.2 Å². The summed E-state index contributed by atoms with van der Waals surface area (Å²) in [4.78, 5) is 15.3. The maximum Gasteiger partial charge on any atom is 0.292 e. The van der Waals surface area contributed by atoms with Gasteiger partial charge in [-0.25, -0.2) is 0 Å². The Labute approximate surface area is 86.3 Å². The smallest absolute Gasteiger partial charge is 0.292 e. The number of hydrogen-bond acceptors (Lipinski definition) is 5. The van der Waals surface area contributed by atoms with Crippen molar-refractivity contribution in [2.45, 2.75) is 31.7 Å². The number of nitriles is 1. The van der Waals surface area contributed by atoms with E-state index in [9.17, 15) is 4.79 Å². The van der Waals surface area contributed by atoms with Gasteiger partial charge in [-0.05, 0) is 12.8 Å². The lowest BCUT2D eigenvalue weighted by Gasteiger charge is -1.95. The number of amides is 1. The topological polar surface area (TPSA) is 91.8 Å². The Hall–Kier alpha value is -1.90. The van der Waals surface area contributed by atoms with E-state index in [1.807, 2.05) is 6.07 Å². The molecule has 0 saturated heterocycles. The quantitative estimate of drug-likeness (QED) is 0.770. The number of nitrogens with one attached hydrogen (secondary N) is 1. The molecule has 1 aromatic rings. The molecule has 0 bridgehead atoms. The average Bonchev–Trinajstić information content (AvgIpc) is 2.92. The van der Waals surface area contributed by atoms with Crippen LogP contribution in [0.1, 0.15) is 35.8 Å². The van der Waals surface area contributed by atoms with Crippen molar-refractivity contribution in [3.05, 3.63) is 11.7 Å². The third-order valence-corrected chi connectivity index (χ3v) is 2.03. The van der Waals surface area contributed by atoms with E-state index in [4.69, 9.17) is 9.78 Å². The van der Waals surface area contributed by atoms with E-state index in [0.29, 0.717) is 18.7 Å². The minimum absolute atomic E-state index is 0.0508. The monoisotopic (exact) mass is 206 g/mol. The number of hydrogen-bond donors (Lipinski definition) is 1. The largest absolute Gasteiger partial charge is 0.346 e. The Morgan fingerprint density at radius 3 is 3.13 bits per heavy atom. The SMILES string of the molecule is N#CCCc1nc(C(=O)NC2CC2)no1. The number of rotatable bonds is 4. The highest BCUT2D eigenvalue weighted by molar-refractivity contribution is 5.90. The minimum atomic E-state index is -0.301. The second-order valence-corrected chi connectivity index (χ2v) is 3.42. The Morgan fingerprint density at radius 1 is 1.67 bits per heavy atom. The summed E-state index contributed by atoms with van der Waals surface area (Å²) in [5.41, 5.74) is 0. The van der Waals surface area contributed by atoms with Gasteiger partial charge in [0.1, 0.15) is 0 Å². The van der Waals surface area contributed by atoms with Crippen molar-refractivity contribution in [2.75, 3.05) is 0 Å². The second-order valence-electron chi connectivity index (χ2n) is 3.42. The molecule has 0 atom stereocenters. The first-order valence-corrected chi connectivity index (χ1v) is 4.80. The summed E-state index contributed by atoms with van der Waals surface area (Å²) < 4.78 is 4.82. The zero-order valence-corrected chi connectivity index (χ0v) is 8.06. The lowest BCUT2D eigenvalue weighted by atomic mass is 10.3. The fourth-order valence-electron chi connectivity index (χ4n) is 1.09. The van der Waals surface area contributed by atoms with E-state index in [2.05, 4.69) is 15.5 Å². The molecule has 0 spiro atoms. The molecule has 0 aliphatic heterocycles. The molecule has 1 amide bonds. The fraction of sp³-hybridized carbons (Fsp3) is 0.556. The van der Waals surface area contributed by atoms with Crippen LogP contribution in [0, 0.1) is 11.3 Å². The Balaban J connectivity index is 1.93. The molecule has 1 N–H and O–H groups in total. The first-order chi connectivity index (χ1) is 7.29. The zero-order valence-electron chi connectivity index (χ0n) is 8.06. The van der Waals surface area contributed by atoms with Crippen LogP contribution in [-0.4, -0.2) is 22.1 Å². The molecule has 1 aliphatic rings. The van der Waals surface area contributed by atoms with Gasteiger partial charge in [-0.3, -0.25) is 4.79 Å². The highest BCUT2D eigenvalue weighted by atomic mass is 16.5. The van der Waals surface area contributed by atoms with Crippen LogP contribution in [0.3, 0.4) is 0 Å². The summed E-state index contributed by atoms with van der Waals surface area (Å²) in [6.45, 7) is 0. The molecular formula is C9H10N4O2. The Morgan fingerprint density at radius 2 is 2.47 bits per heavy atom. The summed E-state index contributed by atoms with van der Waals surface area (Å²) in [5.74, 6) is 0.0804. The van der Waals surface area contributed by atoms with E-state index in [1.165, 1.54) is 0 Å². The van der Waals surface area contributed by atoms with Crippen molar-refractivity contribution >= 4 is 5.91 Å². The number of aromatic nitrogens is 2. The van der Waals surface area contributed by atoms with Crippen molar-refractivity contribution in [1.82, 2.24) is 15.5 Å². The predicted molar refractivity (Wildman–Crippen MR) is 48.7 cm³/mol. The highest BCUT2D eigenvalue weighted by Crippen LogP contribution is 2.18. The van der Waals surface area contributed by atoms with Crippen LogP contribution in [0.25, 0.3) is 0 Å².